The van der Waals surface area contributed by atoms with Gasteiger partial charge >= 0.3 is 0 Å². The molecule has 0 bridgehead atoms. The first-order valence-electron chi connectivity index (χ1n) is 6.94. The molecule has 1 nitrogen and oxygen atoms in total. The van der Waals surface area contributed by atoms with E-state index in [9.17, 15) is 9.50 Å². The Balaban J connectivity index is 2.06. The zero-order chi connectivity index (χ0) is 14.7. The first-order valence-corrected chi connectivity index (χ1v) is 6.94. The summed E-state index contributed by atoms with van der Waals surface area (Å²) in [7, 11) is 0. The van der Waals surface area contributed by atoms with Crippen molar-refractivity contribution in [1.29, 1.82) is 0 Å². The van der Waals surface area contributed by atoms with Crippen molar-refractivity contribution in [3.8, 4) is 0 Å². The van der Waals surface area contributed by atoms with E-state index in [-0.39, 0.29) is 5.82 Å². The number of halogens is 1. The average molecular weight is 272 g/mol. The van der Waals surface area contributed by atoms with Crippen molar-refractivity contribution in [3.63, 3.8) is 0 Å². The number of aryl methyl sites for hydroxylation is 3. The van der Waals surface area contributed by atoms with Crippen molar-refractivity contribution >= 4 is 0 Å². The van der Waals surface area contributed by atoms with Gasteiger partial charge in [-0.3, -0.25) is 0 Å². The topological polar surface area (TPSA) is 20.2 Å². The molecule has 0 fully saturated rings. The summed E-state index contributed by atoms with van der Waals surface area (Å²) in [5, 5.41) is 10.2. The van der Waals surface area contributed by atoms with Gasteiger partial charge < -0.3 is 5.11 Å². The zero-order valence-corrected chi connectivity index (χ0v) is 12.3. The third kappa shape index (κ3) is 3.91. The maximum Gasteiger partial charge on any atom is 0.123 e. The van der Waals surface area contributed by atoms with Crippen molar-refractivity contribution < 1.29 is 9.50 Å². The summed E-state index contributed by atoms with van der Waals surface area (Å²) < 4.78 is 13.1. The molecule has 0 amide bonds. The van der Waals surface area contributed by atoms with E-state index >= 15 is 0 Å². The molecule has 1 atom stereocenters. The quantitative estimate of drug-likeness (QED) is 0.895. The fourth-order valence-corrected chi connectivity index (χ4v) is 2.67. The van der Waals surface area contributed by atoms with E-state index in [4.69, 9.17) is 0 Å². The lowest BCUT2D eigenvalue weighted by Gasteiger charge is -2.13. The second-order valence-electron chi connectivity index (χ2n) is 5.63. The van der Waals surface area contributed by atoms with Crippen LogP contribution in [0.15, 0.2) is 36.4 Å². The molecule has 2 aromatic rings. The summed E-state index contributed by atoms with van der Waals surface area (Å²) in [6.07, 6.45) is 0.735. The molecular weight excluding hydrogens is 251 g/mol. The Bertz CT molecular complexity index is 584. The van der Waals surface area contributed by atoms with Crippen LogP contribution in [0.25, 0.3) is 0 Å². The molecule has 2 rings (SSSR count). The lowest BCUT2D eigenvalue weighted by molar-refractivity contribution is 0.175. The highest BCUT2D eigenvalue weighted by molar-refractivity contribution is 5.30. The lowest BCUT2D eigenvalue weighted by Crippen LogP contribution is -2.15. The van der Waals surface area contributed by atoms with Gasteiger partial charge in [0.15, 0.2) is 0 Å². The molecule has 2 aromatic carbocycles. The standard InChI is InChI=1S/C18H21FO/c1-12-6-13(2)8-15(7-12)10-18(20)11-16-4-5-17(19)9-14(16)3/h4-9,18,20H,10-11H2,1-3H3. The molecule has 0 heterocycles. The van der Waals surface area contributed by atoms with Crippen LogP contribution in [0.5, 0.6) is 0 Å². The number of benzene rings is 2. The smallest absolute Gasteiger partial charge is 0.123 e. The van der Waals surface area contributed by atoms with Gasteiger partial charge in [-0.1, -0.05) is 35.4 Å². The molecular formula is C18H21FO. The Kier molecular flexibility index (Phi) is 4.56. The normalized spacial score (nSPS) is 12.4. The Hall–Kier alpha value is -1.67. The SMILES string of the molecule is Cc1cc(C)cc(CC(O)Cc2ccc(F)cc2C)c1. The van der Waals surface area contributed by atoms with Crippen LogP contribution in [0.1, 0.15) is 27.8 Å². The molecule has 0 aliphatic rings. The summed E-state index contributed by atoms with van der Waals surface area (Å²) in [5.41, 5.74) is 5.47. The van der Waals surface area contributed by atoms with E-state index in [2.05, 4.69) is 32.0 Å². The first-order chi connectivity index (χ1) is 9.44. The van der Waals surface area contributed by atoms with E-state index in [1.165, 1.54) is 23.3 Å². The summed E-state index contributed by atoms with van der Waals surface area (Å²) in [6.45, 7) is 6.00. The van der Waals surface area contributed by atoms with Crippen molar-refractivity contribution in [2.24, 2.45) is 0 Å². The molecule has 20 heavy (non-hydrogen) atoms. The molecule has 0 radical (unpaired) electrons. The monoisotopic (exact) mass is 272 g/mol. The molecule has 1 unspecified atom stereocenters. The maximum absolute atomic E-state index is 13.1. The molecule has 0 aliphatic carbocycles. The van der Waals surface area contributed by atoms with Gasteiger partial charge in [0.2, 0.25) is 0 Å². The predicted octanol–water partition coefficient (Wildman–Crippen LogP) is 3.90. The lowest BCUT2D eigenvalue weighted by atomic mass is 9.96. The van der Waals surface area contributed by atoms with Gasteiger partial charge in [0.1, 0.15) is 5.82 Å². The number of hydrogen-bond donors (Lipinski definition) is 1. The van der Waals surface area contributed by atoms with Gasteiger partial charge in [-0.05, 0) is 62.4 Å². The minimum atomic E-state index is -0.444. The highest BCUT2D eigenvalue weighted by atomic mass is 19.1. The van der Waals surface area contributed by atoms with Crippen molar-refractivity contribution in [2.75, 3.05) is 0 Å². The van der Waals surface area contributed by atoms with Crippen molar-refractivity contribution in [1.82, 2.24) is 0 Å². The fraction of sp³-hybridized carbons (Fsp3) is 0.333. The Morgan fingerprint density at radius 3 is 2.20 bits per heavy atom. The van der Waals surface area contributed by atoms with Crippen LogP contribution in [0.3, 0.4) is 0 Å². The van der Waals surface area contributed by atoms with Crippen LogP contribution in [-0.4, -0.2) is 11.2 Å². The molecule has 0 aromatic heterocycles. The summed E-state index contributed by atoms with van der Waals surface area (Å²) in [6, 6.07) is 11.1. The summed E-state index contributed by atoms with van der Waals surface area (Å²) in [5.74, 6) is -0.227. The van der Waals surface area contributed by atoms with E-state index < -0.39 is 6.10 Å². The van der Waals surface area contributed by atoms with E-state index in [0.29, 0.717) is 12.8 Å². The van der Waals surface area contributed by atoms with Gasteiger partial charge in [-0.25, -0.2) is 4.39 Å². The predicted molar refractivity (Wildman–Crippen MR) is 80.5 cm³/mol. The highest BCUT2D eigenvalue weighted by Crippen LogP contribution is 2.16. The molecule has 0 aliphatic heterocycles. The number of rotatable bonds is 4. The number of aliphatic hydroxyl groups is 1. The van der Waals surface area contributed by atoms with Crippen LogP contribution in [0.2, 0.25) is 0 Å². The van der Waals surface area contributed by atoms with Gasteiger partial charge in [0.05, 0.1) is 6.10 Å². The molecule has 0 saturated carbocycles. The Morgan fingerprint density at radius 2 is 1.60 bits per heavy atom. The highest BCUT2D eigenvalue weighted by Gasteiger charge is 2.10. The van der Waals surface area contributed by atoms with Crippen LogP contribution in [0, 0.1) is 26.6 Å². The molecule has 0 saturated heterocycles. The Morgan fingerprint density at radius 1 is 0.950 bits per heavy atom. The molecule has 2 heteroatoms. The summed E-state index contributed by atoms with van der Waals surface area (Å²) in [4.78, 5) is 0. The zero-order valence-electron chi connectivity index (χ0n) is 12.3. The van der Waals surface area contributed by atoms with Crippen LogP contribution >= 0.6 is 0 Å². The molecule has 106 valence electrons. The first kappa shape index (κ1) is 14.7. The fourth-order valence-electron chi connectivity index (χ4n) is 2.67. The van der Waals surface area contributed by atoms with Gasteiger partial charge in [-0.15, -0.1) is 0 Å². The van der Waals surface area contributed by atoms with E-state index in [0.717, 1.165) is 16.7 Å². The molecule has 1 N–H and O–H groups in total. The van der Waals surface area contributed by atoms with Crippen molar-refractivity contribution in [3.05, 3.63) is 70.0 Å². The minimum Gasteiger partial charge on any atom is -0.392 e. The number of hydrogen-bond acceptors (Lipinski definition) is 1. The van der Waals surface area contributed by atoms with Crippen molar-refractivity contribution in [2.45, 2.75) is 39.7 Å². The van der Waals surface area contributed by atoms with E-state index in [1.54, 1.807) is 6.07 Å². The third-order valence-electron chi connectivity index (χ3n) is 3.51. The van der Waals surface area contributed by atoms with Gasteiger partial charge in [0, 0.05) is 0 Å². The minimum absolute atomic E-state index is 0.227. The Labute approximate surface area is 120 Å². The third-order valence-corrected chi connectivity index (χ3v) is 3.51. The number of aliphatic hydroxyl groups excluding tert-OH is 1. The van der Waals surface area contributed by atoms with Crippen LogP contribution < -0.4 is 0 Å². The van der Waals surface area contributed by atoms with Gasteiger partial charge in [0.25, 0.3) is 0 Å². The van der Waals surface area contributed by atoms with Gasteiger partial charge in [-0.2, -0.15) is 0 Å². The summed E-state index contributed by atoms with van der Waals surface area (Å²) >= 11 is 0. The van der Waals surface area contributed by atoms with E-state index in [1.807, 2.05) is 6.92 Å². The largest absolute Gasteiger partial charge is 0.392 e. The van der Waals surface area contributed by atoms with Crippen LogP contribution in [-0.2, 0) is 12.8 Å². The second-order valence-corrected chi connectivity index (χ2v) is 5.63. The average Bonchev–Trinajstić information content (AvgIpc) is 2.31. The maximum atomic E-state index is 13.1. The second kappa shape index (κ2) is 6.19. The van der Waals surface area contributed by atoms with Crippen LogP contribution in [0.4, 0.5) is 4.39 Å². The molecule has 0 spiro atoms.